The second-order valence-electron chi connectivity index (χ2n) is 5.74. The lowest BCUT2D eigenvalue weighted by molar-refractivity contribution is 0.391. The van der Waals surface area contributed by atoms with Crippen molar-refractivity contribution in [3.63, 3.8) is 0 Å². The second-order valence-corrected chi connectivity index (χ2v) is 5.74. The Hall–Kier alpha value is -1.16. The van der Waals surface area contributed by atoms with E-state index in [1.807, 2.05) is 6.07 Å². The molecule has 2 rings (SSSR count). The Morgan fingerprint density at radius 3 is 2.85 bits per heavy atom. The molecule has 1 heterocycles. The number of rotatable bonds is 8. The third kappa shape index (κ3) is 4.75. The van der Waals surface area contributed by atoms with Gasteiger partial charge < -0.3 is 10.1 Å². The van der Waals surface area contributed by atoms with Crippen LogP contribution in [0.3, 0.4) is 0 Å². The summed E-state index contributed by atoms with van der Waals surface area (Å²) >= 11 is 0. The number of nitrogens with zero attached hydrogens (tertiary/aromatic N) is 2. The molecule has 1 saturated carbocycles. The summed E-state index contributed by atoms with van der Waals surface area (Å²) in [7, 11) is 1.65. The molecule has 112 valence electrons. The zero-order chi connectivity index (χ0) is 14.2. The number of aromatic nitrogens is 2. The van der Waals surface area contributed by atoms with Crippen LogP contribution in [0.15, 0.2) is 12.4 Å². The maximum absolute atomic E-state index is 5.17. The average Bonchev–Trinajstić information content (AvgIpc) is 2.98. The summed E-state index contributed by atoms with van der Waals surface area (Å²) in [5, 5.41) is 3.59. The molecule has 1 atom stereocenters. The van der Waals surface area contributed by atoms with Crippen LogP contribution in [-0.4, -0.2) is 29.7 Å². The van der Waals surface area contributed by atoms with Crippen molar-refractivity contribution in [2.75, 3.05) is 13.7 Å². The van der Waals surface area contributed by atoms with Crippen LogP contribution in [-0.2, 0) is 6.42 Å². The highest BCUT2D eigenvalue weighted by Gasteiger charge is 2.17. The summed E-state index contributed by atoms with van der Waals surface area (Å²) in [5.74, 6) is 1.61. The Balaban J connectivity index is 1.86. The van der Waals surface area contributed by atoms with E-state index in [1.54, 1.807) is 13.4 Å². The van der Waals surface area contributed by atoms with E-state index in [0.717, 1.165) is 24.6 Å². The van der Waals surface area contributed by atoms with Crippen molar-refractivity contribution >= 4 is 0 Å². The van der Waals surface area contributed by atoms with Gasteiger partial charge in [-0.05, 0) is 25.3 Å². The van der Waals surface area contributed by atoms with Gasteiger partial charge in [-0.1, -0.05) is 32.6 Å². The fraction of sp³-hybridized carbons (Fsp3) is 0.750. The number of likely N-dealkylation sites (N-methyl/N-ethyl adjacent to an activating group) is 1. The Labute approximate surface area is 122 Å². The predicted molar refractivity (Wildman–Crippen MR) is 80.9 cm³/mol. The van der Waals surface area contributed by atoms with Crippen molar-refractivity contribution in [2.24, 2.45) is 5.92 Å². The van der Waals surface area contributed by atoms with Gasteiger partial charge in [0.05, 0.1) is 7.11 Å². The van der Waals surface area contributed by atoms with Crippen LogP contribution in [0.4, 0.5) is 0 Å². The Bertz CT molecular complexity index is 391. The quantitative estimate of drug-likeness (QED) is 0.793. The van der Waals surface area contributed by atoms with E-state index in [1.165, 1.54) is 38.5 Å². The number of nitrogens with one attached hydrogen (secondary N) is 1. The zero-order valence-electron chi connectivity index (χ0n) is 12.8. The monoisotopic (exact) mass is 277 g/mol. The summed E-state index contributed by atoms with van der Waals surface area (Å²) < 4.78 is 5.17. The molecule has 0 amide bonds. The Morgan fingerprint density at radius 2 is 2.15 bits per heavy atom. The Kier molecular flexibility index (Phi) is 6.25. The first-order valence-electron chi connectivity index (χ1n) is 7.90. The van der Waals surface area contributed by atoms with Gasteiger partial charge in [0, 0.05) is 24.2 Å². The Morgan fingerprint density at radius 1 is 1.35 bits per heavy atom. The summed E-state index contributed by atoms with van der Waals surface area (Å²) in [4.78, 5) is 8.42. The minimum absolute atomic E-state index is 0.514. The fourth-order valence-corrected chi connectivity index (χ4v) is 3.15. The van der Waals surface area contributed by atoms with Crippen LogP contribution in [0, 0.1) is 5.92 Å². The lowest BCUT2D eigenvalue weighted by Gasteiger charge is -2.19. The van der Waals surface area contributed by atoms with Crippen molar-refractivity contribution in [3.8, 4) is 5.88 Å². The van der Waals surface area contributed by atoms with Gasteiger partial charge in [-0.2, -0.15) is 0 Å². The zero-order valence-corrected chi connectivity index (χ0v) is 12.8. The van der Waals surface area contributed by atoms with E-state index in [-0.39, 0.29) is 0 Å². The van der Waals surface area contributed by atoms with Gasteiger partial charge in [0.1, 0.15) is 6.33 Å². The molecule has 0 aromatic carbocycles. The number of hydrogen-bond acceptors (Lipinski definition) is 4. The third-order valence-corrected chi connectivity index (χ3v) is 4.25. The maximum Gasteiger partial charge on any atom is 0.216 e. The van der Waals surface area contributed by atoms with Gasteiger partial charge in [0.2, 0.25) is 5.88 Å². The largest absolute Gasteiger partial charge is 0.481 e. The summed E-state index contributed by atoms with van der Waals surface area (Å²) in [6, 6.07) is 2.46. The first-order valence-corrected chi connectivity index (χ1v) is 7.90. The molecular weight excluding hydrogens is 250 g/mol. The molecule has 1 aliphatic rings. The van der Waals surface area contributed by atoms with E-state index in [0.29, 0.717) is 11.9 Å². The molecule has 1 N–H and O–H groups in total. The first-order chi connectivity index (χ1) is 9.81. The molecule has 1 unspecified atom stereocenters. The number of methoxy groups -OCH3 is 1. The van der Waals surface area contributed by atoms with Gasteiger partial charge in [0.15, 0.2) is 0 Å². The van der Waals surface area contributed by atoms with Crippen molar-refractivity contribution in [1.82, 2.24) is 15.3 Å². The van der Waals surface area contributed by atoms with Gasteiger partial charge in [-0.3, -0.25) is 0 Å². The SMILES string of the molecule is CCNC(CCC1CCCC1)Cc1cc(OC)ncn1. The van der Waals surface area contributed by atoms with Gasteiger partial charge in [-0.25, -0.2) is 9.97 Å². The highest BCUT2D eigenvalue weighted by atomic mass is 16.5. The topological polar surface area (TPSA) is 47.0 Å². The normalized spacial score (nSPS) is 17.3. The molecule has 0 aliphatic heterocycles. The lowest BCUT2D eigenvalue weighted by atomic mass is 9.96. The molecule has 4 heteroatoms. The molecule has 1 aliphatic carbocycles. The van der Waals surface area contributed by atoms with Crippen molar-refractivity contribution in [2.45, 2.75) is 57.9 Å². The summed E-state index contributed by atoms with van der Waals surface area (Å²) in [6.07, 6.45) is 10.9. The molecule has 1 aromatic rings. The predicted octanol–water partition coefficient (Wildman–Crippen LogP) is 2.98. The maximum atomic E-state index is 5.17. The van der Waals surface area contributed by atoms with Gasteiger partial charge >= 0.3 is 0 Å². The van der Waals surface area contributed by atoms with E-state index in [9.17, 15) is 0 Å². The van der Waals surface area contributed by atoms with Crippen molar-refractivity contribution < 1.29 is 4.74 Å². The van der Waals surface area contributed by atoms with Crippen LogP contribution in [0.2, 0.25) is 0 Å². The fourth-order valence-electron chi connectivity index (χ4n) is 3.15. The second kappa shape index (κ2) is 8.20. The average molecular weight is 277 g/mol. The number of ether oxygens (including phenoxy) is 1. The molecule has 0 bridgehead atoms. The van der Waals surface area contributed by atoms with E-state index >= 15 is 0 Å². The summed E-state index contributed by atoms with van der Waals surface area (Å²) in [5.41, 5.74) is 1.06. The standard InChI is InChI=1S/C16H27N3O/c1-3-17-14(9-8-13-6-4-5-7-13)10-15-11-16(20-2)19-12-18-15/h11-14,17H,3-10H2,1-2H3. The molecule has 20 heavy (non-hydrogen) atoms. The smallest absolute Gasteiger partial charge is 0.216 e. The summed E-state index contributed by atoms with van der Waals surface area (Å²) in [6.45, 7) is 3.18. The number of hydrogen-bond donors (Lipinski definition) is 1. The van der Waals surface area contributed by atoms with Crippen molar-refractivity contribution in [1.29, 1.82) is 0 Å². The highest BCUT2D eigenvalue weighted by molar-refractivity contribution is 5.14. The third-order valence-electron chi connectivity index (χ3n) is 4.25. The highest BCUT2D eigenvalue weighted by Crippen LogP contribution is 2.29. The molecule has 0 radical (unpaired) electrons. The van der Waals surface area contributed by atoms with E-state index in [2.05, 4.69) is 22.2 Å². The lowest BCUT2D eigenvalue weighted by Crippen LogP contribution is -2.31. The minimum atomic E-state index is 0.514. The molecule has 4 nitrogen and oxygen atoms in total. The van der Waals surface area contributed by atoms with Gasteiger partial charge in [-0.15, -0.1) is 0 Å². The molecule has 0 saturated heterocycles. The molecule has 1 fully saturated rings. The van der Waals surface area contributed by atoms with Crippen molar-refractivity contribution in [3.05, 3.63) is 18.1 Å². The van der Waals surface area contributed by atoms with Crippen LogP contribution in [0.5, 0.6) is 5.88 Å². The van der Waals surface area contributed by atoms with Gasteiger partial charge in [0.25, 0.3) is 0 Å². The van der Waals surface area contributed by atoms with E-state index in [4.69, 9.17) is 4.74 Å². The first kappa shape index (κ1) is 15.2. The molecule has 1 aromatic heterocycles. The molecular formula is C16H27N3O. The minimum Gasteiger partial charge on any atom is -0.481 e. The molecule has 0 spiro atoms. The van der Waals surface area contributed by atoms with E-state index < -0.39 is 0 Å². The van der Waals surface area contributed by atoms with Crippen LogP contribution in [0.25, 0.3) is 0 Å². The van der Waals surface area contributed by atoms with Crippen LogP contribution >= 0.6 is 0 Å². The van der Waals surface area contributed by atoms with Crippen LogP contribution in [0.1, 0.15) is 51.1 Å². The van der Waals surface area contributed by atoms with Crippen LogP contribution < -0.4 is 10.1 Å².